The van der Waals surface area contributed by atoms with E-state index >= 15 is 0 Å². The summed E-state index contributed by atoms with van der Waals surface area (Å²) in [6.07, 6.45) is 6.63. The predicted octanol–water partition coefficient (Wildman–Crippen LogP) is 1.50. The molecule has 0 aromatic rings. The predicted molar refractivity (Wildman–Crippen MR) is 92.5 cm³/mol. The molecule has 7 nitrogen and oxygen atoms in total. The standard InChI is InChI=1S/C17H29N5O2/c1-11(2)9-10-22-13-14(21(3)17(24)20-15(13)23)19-16(22)18-12-7-5-4-6-8-12/h11-14H,4-10H2,1-3H3,(H,18,19)(H,20,23,24). The van der Waals surface area contributed by atoms with Crippen molar-refractivity contribution in [2.45, 2.75) is 70.6 Å². The van der Waals surface area contributed by atoms with Gasteiger partial charge in [0.1, 0.15) is 0 Å². The number of nitrogens with one attached hydrogen (secondary N) is 2. The normalized spacial score (nSPS) is 28.1. The second-order valence-corrected chi connectivity index (χ2v) is 7.57. The number of amides is 3. The Morgan fingerprint density at radius 1 is 1.25 bits per heavy atom. The first-order chi connectivity index (χ1) is 11.5. The number of carbonyl (C=O) groups is 2. The van der Waals surface area contributed by atoms with Crippen molar-refractivity contribution in [1.29, 1.82) is 0 Å². The number of rotatable bonds is 4. The van der Waals surface area contributed by atoms with E-state index in [9.17, 15) is 9.59 Å². The minimum absolute atomic E-state index is 0.240. The van der Waals surface area contributed by atoms with Gasteiger partial charge in [0.25, 0.3) is 5.91 Å². The lowest BCUT2D eigenvalue weighted by molar-refractivity contribution is -0.127. The van der Waals surface area contributed by atoms with E-state index in [1.54, 1.807) is 7.05 Å². The molecule has 0 spiro atoms. The van der Waals surface area contributed by atoms with Gasteiger partial charge in [0, 0.05) is 19.6 Å². The maximum Gasteiger partial charge on any atom is 0.325 e. The van der Waals surface area contributed by atoms with Crippen LogP contribution in [-0.4, -0.2) is 59.5 Å². The highest BCUT2D eigenvalue weighted by Crippen LogP contribution is 2.25. The molecule has 2 fully saturated rings. The molecule has 2 unspecified atom stereocenters. The van der Waals surface area contributed by atoms with Gasteiger partial charge in [0.2, 0.25) is 0 Å². The molecule has 2 atom stereocenters. The molecule has 2 N–H and O–H groups in total. The van der Waals surface area contributed by atoms with Crippen LogP contribution in [0.15, 0.2) is 4.99 Å². The van der Waals surface area contributed by atoms with Gasteiger partial charge < -0.3 is 15.1 Å². The van der Waals surface area contributed by atoms with Gasteiger partial charge in [-0.15, -0.1) is 0 Å². The number of carbonyl (C=O) groups excluding carboxylic acids is 2. The third-order valence-electron chi connectivity index (χ3n) is 5.25. The first kappa shape index (κ1) is 17.0. The molecule has 7 heteroatoms. The van der Waals surface area contributed by atoms with Gasteiger partial charge in [0.15, 0.2) is 18.2 Å². The quantitative estimate of drug-likeness (QED) is 0.816. The molecule has 134 valence electrons. The first-order valence-electron chi connectivity index (χ1n) is 9.16. The molecule has 0 bridgehead atoms. The van der Waals surface area contributed by atoms with Crippen LogP contribution in [0.2, 0.25) is 0 Å². The summed E-state index contributed by atoms with van der Waals surface area (Å²) in [6.45, 7) is 5.12. The lowest BCUT2D eigenvalue weighted by Crippen LogP contribution is -2.64. The van der Waals surface area contributed by atoms with E-state index in [0.717, 1.165) is 31.8 Å². The van der Waals surface area contributed by atoms with Gasteiger partial charge in [-0.25, -0.2) is 9.79 Å². The average Bonchev–Trinajstić information content (AvgIpc) is 2.90. The van der Waals surface area contributed by atoms with Gasteiger partial charge in [-0.1, -0.05) is 33.1 Å². The second kappa shape index (κ2) is 6.99. The van der Waals surface area contributed by atoms with Gasteiger partial charge in [0.05, 0.1) is 0 Å². The molecule has 0 radical (unpaired) electrons. The van der Waals surface area contributed by atoms with E-state index in [1.165, 1.54) is 24.2 Å². The average molecular weight is 335 g/mol. The molecule has 0 aromatic heterocycles. The summed E-state index contributed by atoms with van der Waals surface area (Å²) in [5.74, 6) is 1.09. The van der Waals surface area contributed by atoms with Crippen LogP contribution in [0.1, 0.15) is 52.4 Å². The van der Waals surface area contributed by atoms with Crippen LogP contribution in [0.25, 0.3) is 0 Å². The maximum atomic E-state index is 12.4. The SMILES string of the molecule is CC(C)CCN1C(NC2CCCCC2)=NC2C1C(=O)NC(=O)N2C. The van der Waals surface area contributed by atoms with Crippen molar-refractivity contribution >= 4 is 17.9 Å². The van der Waals surface area contributed by atoms with Crippen molar-refractivity contribution in [3.8, 4) is 0 Å². The Balaban J connectivity index is 1.79. The van der Waals surface area contributed by atoms with Crippen molar-refractivity contribution < 1.29 is 9.59 Å². The van der Waals surface area contributed by atoms with Crippen LogP contribution in [0.4, 0.5) is 4.79 Å². The first-order valence-corrected chi connectivity index (χ1v) is 9.16. The summed E-state index contributed by atoms with van der Waals surface area (Å²) in [6, 6.07) is -0.367. The number of guanidine groups is 1. The zero-order valence-corrected chi connectivity index (χ0v) is 14.9. The topological polar surface area (TPSA) is 77.0 Å². The van der Waals surface area contributed by atoms with Crippen molar-refractivity contribution in [2.75, 3.05) is 13.6 Å². The summed E-state index contributed by atoms with van der Waals surface area (Å²) in [5.41, 5.74) is 0. The van der Waals surface area contributed by atoms with Crippen LogP contribution in [0.3, 0.4) is 0 Å². The van der Waals surface area contributed by atoms with Crippen molar-refractivity contribution in [1.82, 2.24) is 20.4 Å². The number of hydrogen-bond acceptors (Lipinski definition) is 5. The third-order valence-corrected chi connectivity index (χ3v) is 5.25. The molecule has 3 amide bonds. The Labute approximate surface area is 143 Å². The number of nitrogens with zero attached hydrogens (tertiary/aromatic N) is 3. The molecule has 3 aliphatic rings. The summed E-state index contributed by atoms with van der Waals surface area (Å²) in [7, 11) is 1.70. The zero-order valence-electron chi connectivity index (χ0n) is 14.9. The lowest BCUT2D eigenvalue weighted by Gasteiger charge is -2.37. The fourth-order valence-corrected chi connectivity index (χ4v) is 3.72. The van der Waals surface area contributed by atoms with E-state index in [-0.39, 0.29) is 11.9 Å². The second-order valence-electron chi connectivity index (χ2n) is 7.57. The Bertz CT molecular complexity index is 527. The minimum atomic E-state index is -0.426. The Hall–Kier alpha value is -1.79. The highest BCUT2D eigenvalue weighted by Gasteiger charge is 2.48. The highest BCUT2D eigenvalue weighted by atomic mass is 16.2. The Kier molecular flexibility index (Phi) is 4.96. The number of aliphatic imine (C=N–C) groups is 1. The van der Waals surface area contributed by atoms with Crippen molar-refractivity contribution in [3.63, 3.8) is 0 Å². The summed E-state index contributed by atoms with van der Waals surface area (Å²) < 4.78 is 0. The highest BCUT2D eigenvalue weighted by molar-refractivity contribution is 6.03. The molecule has 2 heterocycles. The molecule has 1 aliphatic carbocycles. The maximum absolute atomic E-state index is 12.4. The third kappa shape index (κ3) is 3.35. The molecular formula is C17H29N5O2. The van der Waals surface area contributed by atoms with Crippen LogP contribution in [0, 0.1) is 5.92 Å². The van der Waals surface area contributed by atoms with E-state index in [0.29, 0.717) is 12.0 Å². The lowest BCUT2D eigenvalue weighted by atomic mass is 9.96. The van der Waals surface area contributed by atoms with E-state index < -0.39 is 12.2 Å². The fraction of sp³-hybridized carbons (Fsp3) is 0.824. The molecule has 2 aliphatic heterocycles. The van der Waals surface area contributed by atoms with Crippen LogP contribution < -0.4 is 10.6 Å². The largest absolute Gasteiger partial charge is 0.353 e. The number of fused-ring (bicyclic) bond motifs is 1. The van der Waals surface area contributed by atoms with Crippen molar-refractivity contribution in [3.05, 3.63) is 0 Å². The molecule has 0 aromatic carbocycles. The van der Waals surface area contributed by atoms with Gasteiger partial charge in [-0.3, -0.25) is 10.1 Å². The van der Waals surface area contributed by atoms with Crippen LogP contribution in [0.5, 0.6) is 0 Å². The van der Waals surface area contributed by atoms with E-state index in [4.69, 9.17) is 4.99 Å². The van der Waals surface area contributed by atoms with Crippen LogP contribution in [-0.2, 0) is 4.79 Å². The molecular weight excluding hydrogens is 306 g/mol. The summed E-state index contributed by atoms with van der Waals surface area (Å²) >= 11 is 0. The van der Waals surface area contributed by atoms with Gasteiger partial charge in [-0.2, -0.15) is 0 Å². The van der Waals surface area contributed by atoms with Gasteiger partial charge in [-0.05, 0) is 25.2 Å². The number of imide groups is 1. The van der Waals surface area contributed by atoms with Crippen LogP contribution >= 0.6 is 0 Å². The van der Waals surface area contributed by atoms with Crippen molar-refractivity contribution in [2.24, 2.45) is 10.9 Å². The molecule has 3 rings (SSSR count). The zero-order chi connectivity index (χ0) is 17.3. The summed E-state index contributed by atoms with van der Waals surface area (Å²) in [5, 5.41) is 6.01. The minimum Gasteiger partial charge on any atom is -0.353 e. The monoisotopic (exact) mass is 335 g/mol. The Morgan fingerprint density at radius 2 is 1.96 bits per heavy atom. The molecule has 1 saturated heterocycles. The smallest absolute Gasteiger partial charge is 0.325 e. The summed E-state index contributed by atoms with van der Waals surface area (Å²) in [4.78, 5) is 32.6. The molecule has 24 heavy (non-hydrogen) atoms. The van der Waals surface area contributed by atoms with E-state index in [1.807, 2.05) is 0 Å². The Morgan fingerprint density at radius 3 is 2.62 bits per heavy atom. The number of likely N-dealkylation sites (N-methyl/N-ethyl adjacent to an activating group) is 1. The number of hydrogen-bond donors (Lipinski definition) is 2. The number of urea groups is 1. The van der Waals surface area contributed by atoms with E-state index in [2.05, 4.69) is 29.4 Å². The fourth-order valence-electron chi connectivity index (χ4n) is 3.72. The van der Waals surface area contributed by atoms with Gasteiger partial charge >= 0.3 is 6.03 Å². The molecule has 1 saturated carbocycles.